The van der Waals surface area contributed by atoms with Crippen LogP contribution in [0.25, 0.3) is 10.1 Å². The Morgan fingerprint density at radius 1 is 1.41 bits per heavy atom. The molecule has 2 aromatic rings. The number of nitrogens with zero attached hydrogens (tertiary/aromatic N) is 1. The van der Waals surface area contributed by atoms with Gasteiger partial charge in [-0.3, -0.25) is 9.69 Å². The van der Waals surface area contributed by atoms with Gasteiger partial charge in [0, 0.05) is 23.3 Å². The summed E-state index contributed by atoms with van der Waals surface area (Å²) in [5.74, 6) is -0.733. The van der Waals surface area contributed by atoms with Crippen molar-refractivity contribution in [2.24, 2.45) is 0 Å². The molecule has 0 atom stereocenters. The van der Waals surface area contributed by atoms with Crippen LogP contribution in [0.2, 0.25) is 0 Å². The van der Waals surface area contributed by atoms with E-state index in [-0.39, 0.29) is 6.54 Å². The number of nitrogens with one attached hydrogen (secondary N) is 1. The predicted molar refractivity (Wildman–Crippen MR) is 90.4 cm³/mol. The number of benzene rings is 1. The van der Waals surface area contributed by atoms with E-state index in [1.165, 1.54) is 15.6 Å². The third-order valence-corrected chi connectivity index (χ3v) is 5.53. The van der Waals surface area contributed by atoms with Crippen LogP contribution in [-0.4, -0.2) is 41.1 Å². The first kappa shape index (κ1) is 15.5. The third-order valence-electron chi connectivity index (χ3n) is 4.52. The summed E-state index contributed by atoms with van der Waals surface area (Å²) in [4.78, 5) is 12.9. The second-order valence-corrected chi connectivity index (χ2v) is 6.83. The van der Waals surface area contributed by atoms with Crippen molar-refractivity contribution < 1.29 is 9.90 Å². The quantitative estimate of drug-likeness (QED) is 0.824. The minimum atomic E-state index is -0.733. The number of rotatable bonds is 7. The molecule has 2 N–H and O–H groups in total. The summed E-state index contributed by atoms with van der Waals surface area (Å²) < 4.78 is 1.34. The number of carbonyl (C=O) groups is 1. The molecule has 22 heavy (non-hydrogen) atoms. The molecule has 118 valence electrons. The van der Waals surface area contributed by atoms with E-state index in [4.69, 9.17) is 5.11 Å². The molecule has 1 aliphatic carbocycles. The zero-order chi connectivity index (χ0) is 15.5. The summed E-state index contributed by atoms with van der Waals surface area (Å²) in [5, 5.41) is 16.1. The highest BCUT2D eigenvalue weighted by molar-refractivity contribution is 7.17. The van der Waals surface area contributed by atoms with Crippen LogP contribution >= 0.6 is 11.3 Å². The molecule has 1 heterocycles. The number of hydrogen-bond acceptors (Lipinski definition) is 4. The van der Waals surface area contributed by atoms with Gasteiger partial charge in [-0.25, -0.2) is 0 Å². The molecule has 0 unspecified atom stereocenters. The maximum atomic E-state index is 10.8. The lowest BCUT2D eigenvalue weighted by Gasteiger charge is -2.42. The number of thiophene rings is 1. The molecule has 1 aromatic carbocycles. The Morgan fingerprint density at radius 2 is 2.18 bits per heavy atom. The maximum Gasteiger partial charge on any atom is 0.317 e. The molecule has 0 saturated heterocycles. The summed E-state index contributed by atoms with van der Waals surface area (Å²) in [6, 6.07) is 9.42. The van der Waals surface area contributed by atoms with E-state index in [9.17, 15) is 4.79 Å². The summed E-state index contributed by atoms with van der Waals surface area (Å²) in [6.07, 6.45) is 2.09. The molecule has 1 aliphatic rings. The largest absolute Gasteiger partial charge is 0.480 e. The highest BCUT2D eigenvalue weighted by Gasteiger charge is 2.33. The van der Waals surface area contributed by atoms with E-state index in [0.29, 0.717) is 12.1 Å². The zero-order valence-electron chi connectivity index (χ0n) is 12.8. The molecular weight excluding hydrogens is 296 g/mol. The van der Waals surface area contributed by atoms with E-state index < -0.39 is 5.97 Å². The fourth-order valence-electron chi connectivity index (χ4n) is 3.15. The van der Waals surface area contributed by atoms with Gasteiger partial charge in [-0.05, 0) is 41.8 Å². The minimum Gasteiger partial charge on any atom is -0.480 e. The molecule has 1 saturated carbocycles. The maximum absolute atomic E-state index is 10.8. The van der Waals surface area contributed by atoms with E-state index in [0.717, 1.165) is 25.9 Å². The molecule has 0 amide bonds. The van der Waals surface area contributed by atoms with Crippen molar-refractivity contribution >= 4 is 27.4 Å². The van der Waals surface area contributed by atoms with E-state index in [1.807, 2.05) is 6.92 Å². The third kappa shape index (κ3) is 3.32. The smallest absolute Gasteiger partial charge is 0.317 e. The number of likely N-dealkylation sites (N-methyl/N-ethyl adjacent to an activating group) is 1. The van der Waals surface area contributed by atoms with Gasteiger partial charge < -0.3 is 10.4 Å². The van der Waals surface area contributed by atoms with Crippen LogP contribution in [-0.2, 0) is 11.3 Å². The van der Waals surface area contributed by atoms with Crippen LogP contribution in [0.4, 0.5) is 0 Å². The summed E-state index contributed by atoms with van der Waals surface area (Å²) in [6.45, 7) is 3.88. The second-order valence-electron chi connectivity index (χ2n) is 5.92. The number of aliphatic carboxylic acids is 1. The van der Waals surface area contributed by atoms with Crippen molar-refractivity contribution in [2.45, 2.75) is 38.4 Å². The van der Waals surface area contributed by atoms with Crippen LogP contribution in [0.3, 0.4) is 0 Å². The SMILES string of the molecule is CCN(CC(=O)O)C1CC(NCc2csc3ccccc23)C1. The normalized spacial score (nSPS) is 21.2. The Kier molecular flexibility index (Phi) is 4.76. The lowest BCUT2D eigenvalue weighted by molar-refractivity contribution is -0.139. The Bertz CT molecular complexity index is 649. The van der Waals surface area contributed by atoms with Crippen molar-refractivity contribution in [2.75, 3.05) is 13.1 Å². The molecule has 1 aromatic heterocycles. The molecule has 1 fully saturated rings. The topological polar surface area (TPSA) is 52.6 Å². The number of fused-ring (bicyclic) bond motifs is 1. The molecular formula is C17H22N2O2S. The van der Waals surface area contributed by atoms with Crippen molar-refractivity contribution in [1.82, 2.24) is 10.2 Å². The van der Waals surface area contributed by atoms with Crippen LogP contribution in [0.15, 0.2) is 29.6 Å². The zero-order valence-corrected chi connectivity index (χ0v) is 13.6. The van der Waals surface area contributed by atoms with Crippen molar-refractivity contribution in [1.29, 1.82) is 0 Å². The van der Waals surface area contributed by atoms with Gasteiger partial charge in [-0.2, -0.15) is 0 Å². The van der Waals surface area contributed by atoms with Crippen molar-refractivity contribution in [3.8, 4) is 0 Å². The summed E-state index contributed by atoms with van der Waals surface area (Å²) in [7, 11) is 0. The monoisotopic (exact) mass is 318 g/mol. The molecule has 5 heteroatoms. The summed E-state index contributed by atoms with van der Waals surface area (Å²) in [5.41, 5.74) is 1.36. The molecule has 0 radical (unpaired) electrons. The molecule has 0 spiro atoms. The van der Waals surface area contributed by atoms with Gasteiger partial charge in [0.15, 0.2) is 0 Å². The van der Waals surface area contributed by atoms with Gasteiger partial charge >= 0.3 is 5.97 Å². The Labute approximate surface area is 134 Å². The Morgan fingerprint density at radius 3 is 2.91 bits per heavy atom. The number of carboxylic acid groups (broad SMARTS) is 1. The first-order valence-electron chi connectivity index (χ1n) is 7.81. The predicted octanol–water partition coefficient (Wildman–Crippen LogP) is 2.93. The fraction of sp³-hybridized carbons (Fsp3) is 0.471. The van der Waals surface area contributed by atoms with Crippen LogP contribution in [0.5, 0.6) is 0 Å². The van der Waals surface area contributed by atoms with Gasteiger partial charge in [0.05, 0.1) is 6.54 Å². The Hall–Kier alpha value is -1.43. The number of hydrogen-bond donors (Lipinski definition) is 2. The molecule has 3 rings (SSSR count). The highest BCUT2D eigenvalue weighted by atomic mass is 32.1. The van der Waals surface area contributed by atoms with Gasteiger partial charge in [0.1, 0.15) is 0 Å². The number of carboxylic acids is 1. The average Bonchev–Trinajstić information content (AvgIpc) is 2.87. The van der Waals surface area contributed by atoms with Crippen LogP contribution < -0.4 is 5.32 Å². The van der Waals surface area contributed by atoms with E-state index in [2.05, 4.69) is 39.9 Å². The standard InChI is InChI=1S/C17H22N2O2S/c1-2-19(10-17(20)21)14-7-13(8-14)18-9-12-11-22-16-6-4-3-5-15(12)16/h3-6,11,13-14,18H,2,7-10H2,1H3,(H,20,21). The first-order valence-corrected chi connectivity index (χ1v) is 8.69. The van der Waals surface area contributed by atoms with Crippen molar-refractivity contribution in [3.05, 3.63) is 35.2 Å². The average molecular weight is 318 g/mol. The van der Waals surface area contributed by atoms with Crippen LogP contribution in [0.1, 0.15) is 25.3 Å². The van der Waals surface area contributed by atoms with E-state index in [1.54, 1.807) is 11.3 Å². The minimum absolute atomic E-state index is 0.156. The van der Waals surface area contributed by atoms with Gasteiger partial charge in [-0.15, -0.1) is 11.3 Å². The second kappa shape index (κ2) is 6.77. The molecule has 4 nitrogen and oxygen atoms in total. The Balaban J connectivity index is 1.49. The fourth-order valence-corrected chi connectivity index (χ4v) is 4.11. The first-order chi connectivity index (χ1) is 10.7. The van der Waals surface area contributed by atoms with E-state index >= 15 is 0 Å². The van der Waals surface area contributed by atoms with Gasteiger partial charge in [0.25, 0.3) is 0 Å². The summed E-state index contributed by atoms with van der Waals surface area (Å²) >= 11 is 1.79. The van der Waals surface area contributed by atoms with Crippen molar-refractivity contribution in [3.63, 3.8) is 0 Å². The lowest BCUT2D eigenvalue weighted by atomic mass is 9.85. The lowest BCUT2D eigenvalue weighted by Crippen LogP contribution is -2.53. The van der Waals surface area contributed by atoms with Crippen LogP contribution in [0, 0.1) is 0 Å². The van der Waals surface area contributed by atoms with Gasteiger partial charge in [0.2, 0.25) is 0 Å². The van der Waals surface area contributed by atoms with Gasteiger partial charge in [-0.1, -0.05) is 25.1 Å². The molecule has 0 bridgehead atoms. The molecule has 0 aliphatic heterocycles. The highest BCUT2D eigenvalue weighted by Crippen LogP contribution is 2.28.